The van der Waals surface area contributed by atoms with Crippen LogP contribution in [-0.2, 0) is 6.42 Å². The molecule has 0 radical (unpaired) electrons. The van der Waals surface area contributed by atoms with Crippen molar-refractivity contribution in [2.75, 3.05) is 18.0 Å². The van der Waals surface area contributed by atoms with Gasteiger partial charge in [-0.2, -0.15) is 0 Å². The van der Waals surface area contributed by atoms with Crippen LogP contribution < -0.4 is 10.6 Å². The van der Waals surface area contributed by atoms with E-state index in [1.165, 1.54) is 55.6 Å². The van der Waals surface area contributed by atoms with Crippen molar-refractivity contribution in [3.8, 4) is 0 Å². The molecule has 0 spiro atoms. The number of hydrogen-bond acceptors (Lipinski definition) is 2. The van der Waals surface area contributed by atoms with Crippen LogP contribution in [0.25, 0.3) is 0 Å². The zero-order valence-corrected chi connectivity index (χ0v) is 10.7. The highest BCUT2D eigenvalue weighted by Gasteiger charge is 2.26. The predicted octanol–water partition coefficient (Wildman–Crippen LogP) is 2.87. The molecule has 1 unspecified atom stereocenters. The van der Waals surface area contributed by atoms with Crippen molar-refractivity contribution in [3.63, 3.8) is 0 Å². The van der Waals surface area contributed by atoms with E-state index < -0.39 is 0 Å². The second-order valence-electron chi connectivity index (χ2n) is 5.63. The summed E-state index contributed by atoms with van der Waals surface area (Å²) in [5, 5.41) is 0. The Morgan fingerprint density at radius 1 is 1.41 bits per heavy atom. The van der Waals surface area contributed by atoms with Crippen LogP contribution in [0.5, 0.6) is 0 Å². The van der Waals surface area contributed by atoms with Gasteiger partial charge in [0.2, 0.25) is 0 Å². The molecule has 1 aliphatic carbocycles. The predicted molar refractivity (Wildman–Crippen MR) is 72.3 cm³/mol. The van der Waals surface area contributed by atoms with E-state index in [2.05, 4.69) is 30.0 Å². The van der Waals surface area contributed by atoms with Gasteiger partial charge >= 0.3 is 0 Å². The zero-order chi connectivity index (χ0) is 11.8. The maximum atomic E-state index is 6.05. The molecule has 2 heteroatoms. The molecule has 0 saturated heterocycles. The summed E-state index contributed by atoms with van der Waals surface area (Å²) in [5.74, 6) is 0.944. The lowest BCUT2D eigenvalue weighted by Gasteiger charge is -2.31. The Bertz CT molecular complexity index is 407. The van der Waals surface area contributed by atoms with Crippen LogP contribution in [0.4, 0.5) is 5.69 Å². The van der Waals surface area contributed by atoms with E-state index in [0.29, 0.717) is 0 Å². The molecule has 1 fully saturated rings. The van der Waals surface area contributed by atoms with E-state index in [-0.39, 0.29) is 6.04 Å². The Kier molecular flexibility index (Phi) is 2.83. The molecule has 2 nitrogen and oxygen atoms in total. The zero-order valence-electron chi connectivity index (χ0n) is 10.7. The van der Waals surface area contributed by atoms with E-state index in [9.17, 15) is 0 Å². The van der Waals surface area contributed by atoms with Gasteiger partial charge in [-0.3, -0.25) is 0 Å². The van der Waals surface area contributed by atoms with Crippen LogP contribution in [0.2, 0.25) is 0 Å². The molecule has 1 heterocycles. The summed E-state index contributed by atoms with van der Waals surface area (Å²) in [7, 11) is 0. The summed E-state index contributed by atoms with van der Waals surface area (Å²) >= 11 is 0. The maximum Gasteiger partial charge on any atom is 0.0403 e. The topological polar surface area (TPSA) is 29.3 Å². The molecule has 0 amide bonds. The number of fused-ring (bicyclic) bond motifs is 1. The second-order valence-corrected chi connectivity index (χ2v) is 5.63. The van der Waals surface area contributed by atoms with Gasteiger partial charge in [0.1, 0.15) is 0 Å². The Hall–Kier alpha value is -1.02. The summed E-state index contributed by atoms with van der Waals surface area (Å²) in [5.41, 5.74) is 10.4. The molecule has 2 N–H and O–H groups in total. The maximum absolute atomic E-state index is 6.05. The van der Waals surface area contributed by atoms with Crippen molar-refractivity contribution in [2.24, 2.45) is 11.7 Å². The molecule has 1 aromatic rings. The summed E-state index contributed by atoms with van der Waals surface area (Å²) < 4.78 is 0. The first-order valence-corrected chi connectivity index (χ1v) is 6.88. The van der Waals surface area contributed by atoms with Gasteiger partial charge in [-0.05, 0) is 49.3 Å². The summed E-state index contributed by atoms with van der Waals surface area (Å²) in [4.78, 5) is 2.57. The van der Waals surface area contributed by atoms with Crippen molar-refractivity contribution < 1.29 is 0 Å². The minimum absolute atomic E-state index is 0.161. The van der Waals surface area contributed by atoms with Crippen LogP contribution in [0.3, 0.4) is 0 Å². The minimum Gasteiger partial charge on any atom is -0.371 e. The normalized spacial score (nSPS) is 21.2. The Labute approximate surface area is 104 Å². The van der Waals surface area contributed by atoms with Gasteiger partial charge in [-0.25, -0.2) is 0 Å². The van der Waals surface area contributed by atoms with Crippen molar-refractivity contribution >= 4 is 5.69 Å². The second kappa shape index (κ2) is 4.34. The fraction of sp³-hybridized carbons (Fsp3) is 0.600. The monoisotopic (exact) mass is 230 g/mol. The van der Waals surface area contributed by atoms with Crippen LogP contribution in [0, 0.1) is 5.92 Å². The average molecular weight is 230 g/mol. The van der Waals surface area contributed by atoms with Crippen LogP contribution in [0.1, 0.15) is 43.4 Å². The largest absolute Gasteiger partial charge is 0.371 e. The SMILES string of the molecule is CC(N)c1cccc2c1CCN2CC1CCC1. The van der Waals surface area contributed by atoms with Crippen molar-refractivity contribution in [1.82, 2.24) is 0 Å². The van der Waals surface area contributed by atoms with Crippen LogP contribution >= 0.6 is 0 Å². The van der Waals surface area contributed by atoms with Gasteiger partial charge in [0.15, 0.2) is 0 Å². The van der Waals surface area contributed by atoms with Crippen LogP contribution in [0.15, 0.2) is 18.2 Å². The highest BCUT2D eigenvalue weighted by molar-refractivity contribution is 5.61. The van der Waals surface area contributed by atoms with E-state index in [4.69, 9.17) is 5.73 Å². The number of rotatable bonds is 3. The molecule has 17 heavy (non-hydrogen) atoms. The molecule has 1 aliphatic heterocycles. The lowest BCUT2D eigenvalue weighted by molar-refractivity contribution is 0.319. The summed E-state index contributed by atoms with van der Waals surface area (Å²) in [6.07, 6.45) is 5.47. The van der Waals surface area contributed by atoms with Crippen LogP contribution in [-0.4, -0.2) is 13.1 Å². The van der Waals surface area contributed by atoms with E-state index in [0.717, 1.165) is 5.92 Å². The number of benzene rings is 1. The lowest BCUT2D eigenvalue weighted by Crippen LogP contribution is -2.31. The Morgan fingerprint density at radius 3 is 2.88 bits per heavy atom. The smallest absolute Gasteiger partial charge is 0.0403 e. The fourth-order valence-electron chi connectivity index (χ4n) is 3.13. The molecule has 3 rings (SSSR count). The third-order valence-electron chi connectivity index (χ3n) is 4.35. The van der Waals surface area contributed by atoms with Gasteiger partial charge in [0, 0.05) is 24.8 Å². The Balaban J connectivity index is 1.83. The highest BCUT2D eigenvalue weighted by Crippen LogP contribution is 2.36. The first-order valence-electron chi connectivity index (χ1n) is 6.88. The van der Waals surface area contributed by atoms with E-state index >= 15 is 0 Å². The first kappa shape index (κ1) is 11.1. The standard InChI is InChI=1S/C15H22N2/c1-11(16)13-6-3-7-15-14(13)8-9-17(15)10-12-4-2-5-12/h3,6-7,11-12H,2,4-5,8-10,16H2,1H3. The van der Waals surface area contributed by atoms with Gasteiger partial charge in [0.05, 0.1) is 0 Å². The van der Waals surface area contributed by atoms with Gasteiger partial charge in [-0.1, -0.05) is 18.6 Å². The van der Waals surface area contributed by atoms with E-state index in [1.54, 1.807) is 0 Å². The molecule has 0 bridgehead atoms. The van der Waals surface area contributed by atoms with Gasteiger partial charge < -0.3 is 10.6 Å². The molecule has 1 atom stereocenters. The summed E-state index contributed by atoms with van der Waals surface area (Å²) in [6, 6.07) is 6.79. The quantitative estimate of drug-likeness (QED) is 0.865. The van der Waals surface area contributed by atoms with Crippen molar-refractivity contribution in [1.29, 1.82) is 0 Å². The van der Waals surface area contributed by atoms with Crippen molar-refractivity contribution in [2.45, 2.75) is 38.6 Å². The number of hydrogen-bond donors (Lipinski definition) is 1. The molecule has 1 saturated carbocycles. The number of nitrogens with two attached hydrogens (primary N) is 1. The van der Waals surface area contributed by atoms with Gasteiger partial charge in [-0.15, -0.1) is 0 Å². The molecular formula is C15H22N2. The first-order chi connectivity index (χ1) is 8.25. The Morgan fingerprint density at radius 2 is 2.24 bits per heavy atom. The van der Waals surface area contributed by atoms with E-state index in [1.807, 2.05) is 0 Å². The summed E-state index contributed by atoms with van der Waals surface area (Å²) in [6.45, 7) is 4.54. The highest BCUT2D eigenvalue weighted by atomic mass is 15.1. The van der Waals surface area contributed by atoms with Crippen molar-refractivity contribution in [3.05, 3.63) is 29.3 Å². The average Bonchev–Trinajstić information content (AvgIpc) is 2.66. The number of anilines is 1. The third-order valence-corrected chi connectivity index (χ3v) is 4.35. The molecular weight excluding hydrogens is 208 g/mol. The molecule has 2 aliphatic rings. The minimum atomic E-state index is 0.161. The fourth-order valence-corrected chi connectivity index (χ4v) is 3.13. The molecule has 0 aromatic heterocycles. The lowest BCUT2D eigenvalue weighted by atomic mass is 9.85. The number of nitrogens with zero attached hydrogens (tertiary/aromatic N) is 1. The third kappa shape index (κ3) is 1.95. The van der Waals surface area contributed by atoms with Gasteiger partial charge in [0.25, 0.3) is 0 Å². The molecule has 1 aromatic carbocycles. The molecule has 92 valence electrons.